The van der Waals surface area contributed by atoms with E-state index in [1.165, 1.54) is 12.1 Å². The Morgan fingerprint density at radius 1 is 1.00 bits per heavy atom. The molecule has 39 heavy (non-hydrogen) atoms. The molecule has 2 aliphatic heterocycles. The molecular formula is C31H34FN3O4. The second kappa shape index (κ2) is 11.5. The Hall–Kier alpha value is -3.78. The van der Waals surface area contributed by atoms with Gasteiger partial charge < -0.3 is 14.4 Å². The second-order valence-electron chi connectivity index (χ2n) is 10.3. The number of benzene rings is 2. The summed E-state index contributed by atoms with van der Waals surface area (Å²) >= 11 is 0. The smallest absolute Gasteiger partial charge is 0.227 e. The summed E-state index contributed by atoms with van der Waals surface area (Å²) in [6.07, 6.45) is 4.71. The highest BCUT2D eigenvalue weighted by Gasteiger charge is 2.45. The maximum Gasteiger partial charge on any atom is 0.227 e. The van der Waals surface area contributed by atoms with E-state index in [1.807, 2.05) is 18.7 Å². The fourth-order valence-corrected chi connectivity index (χ4v) is 5.71. The minimum absolute atomic E-state index is 0.0453. The molecule has 3 aromatic rings. The van der Waals surface area contributed by atoms with Gasteiger partial charge in [0.15, 0.2) is 6.29 Å². The predicted octanol–water partition coefficient (Wildman–Crippen LogP) is 5.52. The van der Waals surface area contributed by atoms with E-state index in [0.29, 0.717) is 38.2 Å². The van der Waals surface area contributed by atoms with Crippen molar-refractivity contribution in [3.63, 3.8) is 0 Å². The number of aromatic nitrogens is 1. The molecule has 0 unspecified atom stereocenters. The molecule has 3 heterocycles. The van der Waals surface area contributed by atoms with Gasteiger partial charge in [0.1, 0.15) is 23.0 Å². The zero-order valence-corrected chi connectivity index (χ0v) is 22.5. The minimum atomic E-state index is -0.284. The maximum absolute atomic E-state index is 13.6. The standard InChI is InChI=1S/C31H34FN3O4/c1-3-38-27-15-22(16-28(39-4-2)30(27)23-5-7-24(32)8-6-23)19-34-13-11-31(12-14-34)17-29(37)35(21-31)26-10-9-25(20-36)33-18-26/h5-10,15-16,18,20H,3-4,11-14,17,19,21H2,1-2H3. The Kier molecular flexibility index (Phi) is 7.93. The average Bonchev–Trinajstić information content (AvgIpc) is 3.26. The van der Waals surface area contributed by atoms with E-state index in [4.69, 9.17) is 9.47 Å². The van der Waals surface area contributed by atoms with Crippen LogP contribution < -0.4 is 14.4 Å². The van der Waals surface area contributed by atoms with Gasteiger partial charge in [0.2, 0.25) is 5.91 Å². The Morgan fingerprint density at radius 2 is 1.67 bits per heavy atom. The third-order valence-electron chi connectivity index (χ3n) is 7.71. The van der Waals surface area contributed by atoms with Gasteiger partial charge in [-0.25, -0.2) is 4.39 Å². The molecule has 0 N–H and O–H groups in total. The van der Waals surface area contributed by atoms with E-state index in [1.54, 1.807) is 30.5 Å². The average molecular weight is 532 g/mol. The molecule has 1 amide bonds. The molecule has 7 nitrogen and oxygen atoms in total. The Bertz CT molecular complexity index is 1290. The summed E-state index contributed by atoms with van der Waals surface area (Å²) in [4.78, 5) is 32.2. The number of hydrogen-bond donors (Lipinski definition) is 0. The van der Waals surface area contributed by atoms with Crippen molar-refractivity contribution in [2.45, 2.75) is 39.7 Å². The van der Waals surface area contributed by atoms with Crippen LogP contribution in [0.1, 0.15) is 49.2 Å². The van der Waals surface area contributed by atoms with Gasteiger partial charge in [-0.1, -0.05) is 12.1 Å². The molecule has 0 saturated carbocycles. The van der Waals surface area contributed by atoms with Crippen LogP contribution in [0.2, 0.25) is 0 Å². The molecule has 2 aromatic carbocycles. The molecule has 2 saturated heterocycles. The molecule has 1 spiro atoms. The number of carbonyl (C=O) groups is 2. The summed E-state index contributed by atoms with van der Waals surface area (Å²) in [6, 6.07) is 14.0. The van der Waals surface area contributed by atoms with E-state index < -0.39 is 0 Å². The zero-order chi connectivity index (χ0) is 27.4. The van der Waals surface area contributed by atoms with Crippen LogP contribution in [0.25, 0.3) is 11.1 Å². The number of piperidine rings is 1. The number of nitrogens with zero attached hydrogens (tertiary/aromatic N) is 3. The first kappa shape index (κ1) is 26.8. The molecule has 1 aromatic heterocycles. The molecule has 204 valence electrons. The first-order valence-electron chi connectivity index (χ1n) is 13.6. The van der Waals surface area contributed by atoms with E-state index >= 15 is 0 Å². The Balaban J connectivity index is 1.30. The number of pyridine rings is 1. The monoisotopic (exact) mass is 531 g/mol. The predicted molar refractivity (Wildman–Crippen MR) is 148 cm³/mol. The largest absolute Gasteiger partial charge is 0.493 e. The topological polar surface area (TPSA) is 72.0 Å². The maximum atomic E-state index is 13.6. The Morgan fingerprint density at radius 3 is 2.23 bits per heavy atom. The number of rotatable bonds is 9. The number of halogens is 1. The van der Waals surface area contributed by atoms with Crippen molar-refractivity contribution >= 4 is 17.9 Å². The summed E-state index contributed by atoms with van der Waals surface area (Å²) in [5.41, 5.74) is 3.84. The molecule has 0 bridgehead atoms. The summed E-state index contributed by atoms with van der Waals surface area (Å²) in [7, 11) is 0. The summed E-state index contributed by atoms with van der Waals surface area (Å²) < 4.78 is 25.7. The van der Waals surface area contributed by atoms with Crippen molar-refractivity contribution in [3.05, 3.63) is 71.8 Å². The number of likely N-dealkylation sites (tertiary alicyclic amines) is 1. The van der Waals surface area contributed by atoms with Gasteiger partial charge in [0.05, 0.1) is 30.7 Å². The van der Waals surface area contributed by atoms with E-state index in [9.17, 15) is 14.0 Å². The number of amides is 1. The van der Waals surface area contributed by atoms with Gasteiger partial charge >= 0.3 is 0 Å². The summed E-state index contributed by atoms with van der Waals surface area (Å²) in [5.74, 6) is 1.28. The van der Waals surface area contributed by atoms with Crippen molar-refractivity contribution in [2.24, 2.45) is 5.41 Å². The van der Waals surface area contributed by atoms with Gasteiger partial charge in [-0.15, -0.1) is 0 Å². The quantitative estimate of drug-likeness (QED) is 0.339. The minimum Gasteiger partial charge on any atom is -0.493 e. The van der Waals surface area contributed by atoms with Crippen LogP contribution >= 0.6 is 0 Å². The van der Waals surface area contributed by atoms with Crippen molar-refractivity contribution in [1.29, 1.82) is 0 Å². The highest BCUT2D eigenvalue weighted by Crippen LogP contribution is 2.44. The third-order valence-corrected chi connectivity index (χ3v) is 7.71. The SMILES string of the molecule is CCOc1cc(CN2CCC3(CC2)CC(=O)N(c2ccc(C=O)nc2)C3)cc(OCC)c1-c1ccc(F)cc1. The van der Waals surface area contributed by atoms with Gasteiger partial charge in [0, 0.05) is 19.5 Å². The number of hydrogen-bond acceptors (Lipinski definition) is 6. The molecule has 0 radical (unpaired) electrons. The highest BCUT2D eigenvalue weighted by atomic mass is 19.1. The molecule has 8 heteroatoms. The van der Waals surface area contributed by atoms with Crippen molar-refractivity contribution in [2.75, 3.05) is 37.7 Å². The molecular weight excluding hydrogens is 497 g/mol. The first-order chi connectivity index (χ1) is 18.9. The van der Waals surface area contributed by atoms with Gasteiger partial charge in [-0.2, -0.15) is 0 Å². The van der Waals surface area contributed by atoms with Crippen LogP contribution in [0.5, 0.6) is 11.5 Å². The lowest BCUT2D eigenvalue weighted by Gasteiger charge is -2.39. The van der Waals surface area contributed by atoms with Crippen LogP contribution in [0, 0.1) is 11.2 Å². The van der Waals surface area contributed by atoms with E-state index in [2.05, 4.69) is 22.0 Å². The van der Waals surface area contributed by atoms with Gasteiger partial charge in [-0.05, 0) is 92.7 Å². The molecule has 5 rings (SSSR count). The van der Waals surface area contributed by atoms with Crippen LogP contribution in [0.15, 0.2) is 54.7 Å². The fourth-order valence-electron chi connectivity index (χ4n) is 5.71. The van der Waals surface area contributed by atoms with Gasteiger partial charge in [0.25, 0.3) is 0 Å². The lowest BCUT2D eigenvalue weighted by atomic mass is 9.77. The lowest BCUT2D eigenvalue weighted by molar-refractivity contribution is -0.118. The second-order valence-corrected chi connectivity index (χ2v) is 10.3. The molecule has 2 aliphatic rings. The van der Waals surface area contributed by atoms with E-state index in [0.717, 1.165) is 66.4 Å². The summed E-state index contributed by atoms with van der Waals surface area (Å²) in [5, 5.41) is 0. The molecule has 0 atom stereocenters. The Labute approximate surface area is 228 Å². The number of ether oxygens (including phenoxy) is 2. The number of carbonyl (C=O) groups excluding carboxylic acids is 2. The zero-order valence-electron chi connectivity index (χ0n) is 22.5. The van der Waals surface area contributed by atoms with Gasteiger partial charge in [-0.3, -0.25) is 19.5 Å². The molecule has 2 fully saturated rings. The van der Waals surface area contributed by atoms with Crippen molar-refractivity contribution < 1.29 is 23.5 Å². The lowest BCUT2D eigenvalue weighted by Crippen LogP contribution is -2.41. The van der Waals surface area contributed by atoms with Crippen LogP contribution in [-0.4, -0.2) is 54.9 Å². The summed E-state index contributed by atoms with van der Waals surface area (Å²) in [6.45, 7) is 8.11. The highest BCUT2D eigenvalue weighted by molar-refractivity contribution is 5.96. The normalized spacial score (nSPS) is 17.0. The first-order valence-corrected chi connectivity index (χ1v) is 13.6. The third kappa shape index (κ3) is 5.81. The fraction of sp³-hybridized carbons (Fsp3) is 0.387. The number of aldehydes is 1. The number of anilines is 1. The van der Waals surface area contributed by atoms with Crippen molar-refractivity contribution in [3.8, 4) is 22.6 Å². The van der Waals surface area contributed by atoms with Crippen LogP contribution in [0.4, 0.5) is 10.1 Å². The molecule has 0 aliphatic carbocycles. The van der Waals surface area contributed by atoms with Crippen LogP contribution in [0.3, 0.4) is 0 Å². The van der Waals surface area contributed by atoms with E-state index in [-0.39, 0.29) is 17.1 Å². The van der Waals surface area contributed by atoms with Crippen molar-refractivity contribution in [1.82, 2.24) is 9.88 Å². The van der Waals surface area contributed by atoms with Crippen LogP contribution in [-0.2, 0) is 11.3 Å².